The number of aliphatic hydroxyl groups excluding tert-OH is 1. The summed E-state index contributed by atoms with van der Waals surface area (Å²) in [7, 11) is 0. The van der Waals surface area contributed by atoms with Crippen molar-refractivity contribution in [2.45, 2.75) is 44.7 Å². The Hall–Kier alpha value is -2.38. The molecule has 1 fully saturated rings. The van der Waals surface area contributed by atoms with Crippen LogP contribution in [0.25, 0.3) is 16.6 Å². The molecule has 1 N–H and O–H groups in total. The summed E-state index contributed by atoms with van der Waals surface area (Å²) in [4.78, 5) is 22.0. The largest absolute Gasteiger partial charge is 0.395 e. The number of carbonyl (C=O) groups is 1. The van der Waals surface area contributed by atoms with E-state index in [4.69, 9.17) is 23.2 Å². The Morgan fingerprint density at radius 2 is 2.03 bits per heavy atom. The minimum absolute atomic E-state index is 0.000764. The van der Waals surface area contributed by atoms with E-state index in [-0.39, 0.29) is 24.6 Å². The average Bonchev–Trinajstić information content (AvgIpc) is 3.32. The molecule has 0 aliphatic carbocycles. The van der Waals surface area contributed by atoms with Gasteiger partial charge in [0.15, 0.2) is 0 Å². The van der Waals surface area contributed by atoms with Crippen LogP contribution in [0.15, 0.2) is 48.8 Å². The van der Waals surface area contributed by atoms with Gasteiger partial charge in [-0.15, -0.1) is 0 Å². The number of nitrogens with zero attached hydrogens (tertiary/aromatic N) is 4. The van der Waals surface area contributed by atoms with Gasteiger partial charge in [-0.25, -0.2) is 4.98 Å². The Bertz CT molecular complexity index is 1290. The molecule has 1 amide bonds. The van der Waals surface area contributed by atoms with Crippen LogP contribution in [0.5, 0.6) is 0 Å². The molecule has 2 aliphatic heterocycles. The Balaban J connectivity index is 1.35. The van der Waals surface area contributed by atoms with E-state index in [0.29, 0.717) is 29.7 Å². The van der Waals surface area contributed by atoms with Crippen molar-refractivity contribution < 1.29 is 9.90 Å². The summed E-state index contributed by atoms with van der Waals surface area (Å²) in [5.41, 5.74) is 5.39. The van der Waals surface area contributed by atoms with Gasteiger partial charge in [0.25, 0.3) is 0 Å². The number of rotatable bonds is 6. The zero-order chi connectivity index (χ0) is 25.2. The molecule has 6 nitrogen and oxygen atoms in total. The van der Waals surface area contributed by atoms with E-state index in [1.807, 2.05) is 23.4 Å². The number of β-amino-alcohol motifs (C(OH)–C–C–N with tert-alkyl or cyclic N) is 1. The van der Waals surface area contributed by atoms with Gasteiger partial charge in [0, 0.05) is 29.7 Å². The molecule has 0 saturated carbocycles. The number of fused-ring (bicyclic) bond motifs is 1. The lowest BCUT2D eigenvalue weighted by atomic mass is 9.96. The van der Waals surface area contributed by atoms with Crippen LogP contribution >= 0.6 is 23.2 Å². The Morgan fingerprint density at radius 3 is 2.78 bits per heavy atom. The molecule has 0 bridgehead atoms. The van der Waals surface area contributed by atoms with Crippen molar-refractivity contribution in [1.82, 2.24) is 19.4 Å². The molecule has 190 valence electrons. The van der Waals surface area contributed by atoms with Crippen molar-refractivity contribution in [1.29, 1.82) is 0 Å². The third-order valence-electron chi connectivity index (χ3n) is 7.58. The SMILES string of the molecule is C[C@H](c1ccc(Cl)cc1Cl)n1cnc2ccc(C3=CCN(C(=O)[C@H]4CCCCN4CCO)CC3)cc21. The fraction of sp³-hybridized carbons (Fsp3) is 0.429. The Morgan fingerprint density at radius 1 is 1.17 bits per heavy atom. The second-order valence-corrected chi connectivity index (χ2v) is 10.6. The maximum atomic E-state index is 13.3. The number of hydrogen-bond acceptors (Lipinski definition) is 4. The van der Waals surface area contributed by atoms with Crippen LogP contribution in [0.2, 0.25) is 10.0 Å². The molecular formula is C28H32Cl2N4O2. The molecule has 1 saturated heterocycles. The van der Waals surface area contributed by atoms with Crippen LogP contribution < -0.4 is 0 Å². The van der Waals surface area contributed by atoms with Crippen LogP contribution in [-0.2, 0) is 4.79 Å². The minimum Gasteiger partial charge on any atom is -0.395 e. The molecule has 36 heavy (non-hydrogen) atoms. The number of aliphatic hydroxyl groups is 1. The van der Waals surface area contributed by atoms with Gasteiger partial charge in [0.2, 0.25) is 5.91 Å². The van der Waals surface area contributed by atoms with Crippen molar-refractivity contribution in [3.05, 3.63) is 70.0 Å². The molecule has 2 aromatic carbocycles. The monoisotopic (exact) mass is 526 g/mol. The third kappa shape index (κ3) is 5.05. The molecule has 0 radical (unpaired) electrons. The number of benzene rings is 2. The molecule has 3 heterocycles. The average molecular weight is 527 g/mol. The van der Waals surface area contributed by atoms with Crippen LogP contribution in [0, 0.1) is 0 Å². The fourth-order valence-electron chi connectivity index (χ4n) is 5.53. The van der Waals surface area contributed by atoms with Gasteiger partial charge in [0.1, 0.15) is 0 Å². The molecule has 0 spiro atoms. The number of carbonyl (C=O) groups excluding carboxylic acids is 1. The van der Waals surface area contributed by atoms with Gasteiger partial charge >= 0.3 is 0 Å². The van der Waals surface area contributed by atoms with Gasteiger partial charge in [-0.2, -0.15) is 0 Å². The molecule has 0 unspecified atom stereocenters. The van der Waals surface area contributed by atoms with Crippen LogP contribution in [0.4, 0.5) is 0 Å². The molecule has 8 heteroatoms. The van der Waals surface area contributed by atoms with Crippen molar-refractivity contribution in [3.63, 3.8) is 0 Å². The molecule has 2 atom stereocenters. The van der Waals surface area contributed by atoms with Crippen LogP contribution in [-0.4, -0.2) is 69.2 Å². The van der Waals surface area contributed by atoms with Crippen molar-refractivity contribution in [2.75, 3.05) is 32.8 Å². The molecule has 1 aromatic heterocycles. The number of likely N-dealkylation sites (tertiary alicyclic amines) is 1. The van der Waals surface area contributed by atoms with E-state index in [1.54, 1.807) is 6.07 Å². The van der Waals surface area contributed by atoms with Crippen molar-refractivity contribution in [2.24, 2.45) is 0 Å². The normalized spacial score (nSPS) is 19.9. The topological polar surface area (TPSA) is 61.6 Å². The van der Waals surface area contributed by atoms with E-state index in [2.05, 4.69) is 45.6 Å². The molecule has 5 rings (SSSR count). The van der Waals surface area contributed by atoms with Crippen molar-refractivity contribution >= 4 is 45.7 Å². The lowest BCUT2D eigenvalue weighted by Crippen LogP contribution is -2.52. The van der Waals surface area contributed by atoms with E-state index in [1.165, 1.54) is 5.57 Å². The fourth-order valence-corrected chi connectivity index (χ4v) is 6.10. The van der Waals surface area contributed by atoms with E-state index >= 15 is 0 Å². The molecule has 3 aromatic rings. The third-order valence-corrected chi connectivity index (χ3v) is 8.14. The van der Waals surface area contributed by atoms with E-state index in [9.17, 15) is 9.90 Å². The summed E-state index contributed by atoms with van der Waals surface area (Å²) in [6.45, 7) is 4.99. The van der Waals surface area contributed by atoms with E-state index < -0.39 is 0 Å². The van der Waals surface area contributed by atoms with Crippen LogP contribution in [0.1, 0.15) is 49.8 Å². The standard InChI is InChI=1S/C28H32Cl2N4O2/c1-19(23-7-6-22(29)17-24(23)30)34-18-31-25-8-5-21(16-27(25)34)20-9-12-33(13-10-20)28(36)26-4-2-3-11-32(26)14-15-35/h5-9,16-19,26,35H,2-4,10-15H2,1H3/t19-,26-/m1/s1. The summed E-state index contributed by atoms with van der Waals surface area (Å²) >= 11 is 12.6. The highest BCUT2D eigenvalue weighted by Gasteiger charge is 2.32. The summed E-state index contributed by atoms with van der Waals surface area (Å²) in [5, 5.41) is 10.7. The number of aromatic nitrogens is 2. The summed E-state index contributed by atoms with van der Waals surface area (Å²) in [5.74, 6) is 0.195. The predicted octanol–water partition coefficient (Wildman–Crippen LogP) is 5.41. The van der Waals surface area contributed by atoms with Gasteiger partial charge in [-0.3, -0.25) is 9.69 Å². The second kappa shape index (κ2) is 10.9. The summed E-state index contributed by atoms with van der Waals surface area (Å²) in [6.07, 6.45) is 7.90. The number of halogens is 2. The zero-order valence-electron chi connectivity index (χ0n) is 20.5. The maximum Gasteiger partial charge on any atom is 0.240 e. The minimum atomic E-state index is -0.104. The van der Waals surface area contributed by atoms with Crippen molar-refractivity contribution in [3.8, 4) is 0 Å². The highest BCUT2D eigenvalue weighted by Crippen LogP contribution is 2.32. The zero-order valence-corrected chi connectivity index (χ0v) is 22.0. The number of amides is 1. The van der Waals surface area contributed by atoms with Crippen LogP contribution in [0.3, 0.4) is 0 Å². The highest BCUT2D eigenvalue weighted by atomic mass is 35.5. The first-order valence-corrected chi connectivity index (χ1v) is 13.5. The Labute approximate surface area is 222 Å². The quantitative estimate of drug-likeness (QED) is 0.466. The summed E-state index contributed by atoms with van der Waals surface area (Å²) in [6, 6.07) is 11.9. The van der Waals surface area contributed by atoms with Gasteiger partial charge in [0.05, 0.1) is 36.1 Å². The Kier molecular flexibility index (Phi) is 7.68. The first-order valence-electron chi connectivity index (χ1n) is 12.7. The smallest absolute Gasteiger partial charge is 0.240 e. The lowest BCUT2D eigenvalue weighted by Gasteiger charge is -2.38. The number of imidazole rings is 1. The maximum absolute atomic E-state index is 13.3. The molecular weight excluding hydrogens is 495 g/mol. The van der Waals surface area contributed by atoms with E-state index in [0.717, 1.165) is 54.4 Å². The second-order valence-electron chi connectivity index (χ2n) is 9.73. The molecule has 2 aliphatic rings. The lowest BCUT2D eigenvalue weighted by molar-refractivity contribution is -0.138. The number of piperidine rings is 1. The summed E-state index contributed by atoms with van der Waals surface area (Å²) < 4.78 is 2.14. The number of hydrogen-bond donors (Lipinski definition) is 1. The van der Waals surface area contributed by atoms with Gasteiger partial charge in [-0.1, -0.05) is 47.8 Å². The first kappa shape index (κ1) is 25.3. The van der Waals surface area contributed by atoms with Gasteiger partial charge < -0.3 is 14.6 Å². The predicted molar refractivity (Wildman–Crippen MR) is 145 cm³/mol. The first-order chi connectivity index (χ1) is 17.5. The highest BCUT2D eigenvalue weighted by molar-refractivity contribution is 6.35. The van der Waals surface area contributed by atoms with Gasteiger partial charge in [-0.05, 0) is 73.7 Å².